The summed E-state index contributed by atoms with van der Waals surface area (Å²) >= 11 is 0. The quantitative estimate of drug-likeness (QED) is 0.457. The molecule has 4 N–H and O–H groups in total. The number of ether oxygens (including phenoxy) is 1. The summed E-state index contributed by atoms with van der Waals surface area (Å²) < 4.78 is 5.49. The first-order chi connectivity index (χ1) is 8.99. The van der Waals surface area contributed by atoms with Gasteiger partial charge in [0.2, 0.25) is 5.91 Å². The molecule has 6 nitrogen and oxygen atoms in total. The van der Waals surface area contributed by atoms with E-state index in [-0.39, 0.29) is 19.8 Å². The van der Waals surface area contributed by atoms with E-state index in [0.717, 1.165) is 16.9 Å². The van der Waals surface area contributed by atoms with Crippen LogP contribution in [0.1, 0.15) is 11.1 Å². The minimum Gasteiger partial charge on any atom is -0.491 e. The molecule has 0 aliphatic rings. The van der Waals surface area contributed by atoms with Crippen LogP contribution in [0.15, 0.2) is 18.2 Å². The summed E-state index contributed by atoms with van der Waals surface area (Å²) in [7, 11) is 0. The van der Waals surface area contributed by atoms with Gasteiger partial charge in [-0.25, -0.2) is 0 Å². The van der Waals surface area contributed by atoms with E-state index in [1.54, 1.807) is 0 Å². The van der Waals surface area contributed by atoms with Gasteiger partial charge in [0.15, 0.2) is 0 Å². The Morgan fingerprint density at radius 1 is 1.47 bits per heavy atom. The van der Waals surface area contributed by atoms with Crippen LogP contribution in [0.5, 0.6) is 5.75 Å². The van der Waals surface area contributed by atoms with E-state index < -0.39 is 12.0 Å². The minimum absolute atomic E-state index is 0.136. The van der Waals surface area contributed by atoms with Gasteiger partial charge in [0.05, 0.1) is 6.54 Å². The maximum atomic E-state index is 10.4. The fourth-order valence-corrected chi connectivity index (χ4v) is 1.48. The third kappa shape index (κ3) is 6.19. The number of hydroxylamine groups is 1. The number of aliphatic hydroxyl groups excluding tert-OH is 1. The molecule has 0 aliphatic heterocycles. The molecule has 0 saturated carbocycles. The molecule has 0 fully saturated rings. The number of nitrogens with two attached hydrogens (primary N) is 1. The van der Waals surface area contributed by atoms with Crippen LogP contribution in [0.4, 0.5) is 0 Å². The number of carbonyl (C=O) groups is 1. The van der Waals surface area contributed by atoms with Crippen LogP contribution in [0.2, 0.25) is 0 Å². The lowest BCUT2D eigenvalue weighted by Gasteiger charge is -2.14. The summed E-state index contributed by atoms with van der Waals surface area (Å²) in [6.45, 7) is 4.01. The summed E-state index contributed by atoms with van der Waals surface area (Å²) in [6.07, 6.45) is -0.742. The van der Waals surface area contributed by atoms with Crippen molar-refractivity contribution in [2.45, 2.75) is 20.0 Å². The SMILES string of the molecule is Cc1ccc(OCC(O)CNOCC(N)=O)c(C)c1. The first-order valence-electron chi connectivity index (χ1n) is 6.00. The Morgan fingerprint density at radius 3 is 2.84 bits per heavy atom. The fourth-order valence-electron chi connectivity index (χ4n) is 1.48. The van der Waals surface area contributed by atoms with E-state index in [0.29, 0.717) is 0 Å². The van der Waals surface area contributed by atoms with Crippen molar-refractivity contribution < 1.29 is 19.5 Å². The molecule has 0 bridgehead atoms. The van der Waals surface area contributed by atoms with Crippen LogP contribution >= 0.6 is 0 Å². The van der Waals surface area contributed by atoms with Gasteiger partial charge in [-0.05, 0) is 25.5 Å². The van der Waals surface area contributed by atoms with Gasteiger partial charge in [0.25, 0.3) is 0 Å². The molecule has 6 heteroatoms. The van der Waals surface area contributed by atoms with Gasteiger partial charge in [-0.15, -0.1) is 0 Å². The number of hydrogen-bond donors (Lipinski definition) is 3. The molecule has 1 amide bonds. The first-order valence-corrected chi connectivity index (χ1v) is 6.00. The standard InChI is InChI=1S/C13H20N2O4/c1-9-3-4-12(10(2)5-9)18-7-11(16)6-15-19-8-13(14)17/h3-5,11,15-16H,6-8H2,1-2H3,(H2,14,17). The smallest absolute Gasteiger partial charge is 0.245 e. The Kier molecular flexibility index (Phi) is 6.27. The number of carbonyl (C=O) groups excluding carboxylic acids is 1. The molecule has 0 aromatic heterocycles. The summed E-state index contributed by atoms with van der Waals surface area (Å²) in [5, 5.41) is 9.64. The van der Waals surface area contributed by atoms with E-state index >= 15 is 0 Å². The van der Waals surface area contributed by atoms with Gasteiger partial charge < -0.3 is 15.6 Å². The lowest BCUT2D eigenvalue weighted by molar-refractivity contribution is -0.125. The van der Waals surface area contributed by atoms with Crippen molar-refractivity contribution in [3.8, 4) is 5.75 Å². The fraction of sp³-hybridized carbons (Fsp3) is 0.462. The van der Waals surface area contributed by atoms with E-state index in [4.69, 9.17) is 15.3 Å². The third-order valence-electron chi connectivity index (χ3n) is 2.40. The number of nitrogens with one attached hydrogen (secondary N) is 1. The van der Waals surface area contributed by atoms with Gasteiger partial charge in [-0.1, -0.05) is 17.7 Å². The molecule has 106 valence electrons. The second kappa shape index (κ2) is 7.73. The zero-order valence-electron chi connectivity index (χ0n) is 11.2. The molecule has 0 radical (unpaired) electrons. The number of hydrogen-bond acceptors (Lipinski definition) is 5. The Balaban J connectivity index is 2.26. The van der Waals surface area contributed by atoms with Crippen LogP contribution in [-0.4, -0.2) is 36.9 Å². The molecular formula is C13H20N2O4. The molecule has 1 unspecified atom stereocenters. The Bertz CT molecular complexity index is 423. The summed E-state index contributed by atoms with van der Waals surface area (Å²) in [5.41, 5.74) is 9.51. The molecule has 19 heavy (non-hydrogen) atoms. The maximum absolute atomic E-state index is 10.4. The highest BCUT2D eigenvalue weighted by Gasteiger charge is 2.07. The zero-order valence-corrected chi connectivity index (χ0v) is 11.2. The van der Waals surface area contributed by atoms with E-state index in [9.17, 15) is 9.90 Å². The third-order valence-corrected chi connectivity index (χ3v) is 2.40. The molecule has 1 aromatic rings. The first kappa shape index (κ1) is 15.4. The minimum atomic E-state index is -0.742. The number of aliphatic hydroxyl groups is 1. The van der Waals surface area contributed by atoms with Gasteiger partial charge in [0.1, 0.15) is 25.1 Å². The molecule has 1 atom stereocenters. The predicted octanol–water partition coefficient (Wildman–Crippen LogP) is 0.0496. The second-order valence-corrected chi connectivity index (χ2v) is 4.34. The monoisotopic (exact) mass is 268 g/mol. The highest BCUT2D eigenvalue weighted by Crippen LogP contribution is 2.18. The number of aryl methyl sites for hydroxylation is 2. The number of amides is 1. The van der Waals surface area contributed by atoms with Crippen molar-refractivity contribution in [1.82, 2.24) is 5.48 Å². The van der Waals surface area contributed by atoms with Crippen molar-refractivity contribution in [1.29, 1.82) is 0 Å². The average molecular weight is 268 g/mol. The number of benzene rings is 1. The van der Waals surface area contributed by atoms with E-state index in [1.165, 1.54) is 0 Å². The molecule has 0 saturated heterocycles. The summed E-state index contributed by atoms with van der Waals surface area (Å²) in [4.78, 5) is 15.1. The normalized spacial score (nSPS) is 12.2. The molecular weight excluding hydrogens is 248 g/mol. The Labute approximate surface area is 112 Å². The summed E-state index contributed by atoms with van der Waals surface area (Å²) in [6, 6.07) is 5.83. The topological polar surface area (TPSA) is 93.8 Å². The van der Waals surface area contributed by atoms with Gasteiger partial charge in [0, 0.05) is 0 Å². The van der Waals surface area contributed by atoms with Crippen LogP contribution < -0.4 is 16.0 Å². The van der Waals surface area contributed by atoms with Crippen LogP contribution in [0.3, 0.4) is 0 Å². The highest BCUT2D eigenvalue weighted by molar-refractivity contribution is 5.74. The maximum Gasteiger partial charge on any atom is 0.245 e. The van der Waals surface area contributed by atoms with Gasteiger partial charge in [-0.2, -0.15) is 5.48 Å². The largest absolute Gasteiger partial charge is 0.491 e. The Morgan fingerprint density at radius 2 is 2.21 bits per heavy atom. The number of primary amides is 1. The Hall–Kier alpha value is -1.63. The number of rotatable bonds is 8. The molecule has 0 heterocycles. The lowest BCUT2D eigenvalue weighted by atomic mass is 10.1. The van der Waals surface area contributed by atoms with Crippen LogP contribution in [0, 0.1) is 13.8 Å². The van der Waals surface area contributed by atoms with E-state index in [2.05, 4.69) is 5.48 Å². The molecule has 0 spiro atoms. The van der Waals surface area contributed by atoms with Gasteiger partial charge >= 0.3 is 0 Å². The van der Waals surface area contributed by atoms with Gasteiger partial charge in [-0.3, -0.25) is 9.63 Å². The summed E-state index contributed by atoms with van der Waals surface area (Å²) in [5.74, 6) is 0.163. The van der Waals surface area contributed by atoms with E-state index in [1.807, 2.05) is 32.0 Å². The average Bonchev–Trinajstić information content (AvgIpc) is 2.33. The van der Waals surface area contributed by atoms with Crippen molar-refractivity contribution in [3.63, 3.8) is 0 Å². The van der Waals surface area contributed by atoms with Crippen molar-refractivity contribution in [2.24, 2.45) is 5.73 Å². The van der Waals surface area contributed by atoms with Crippen LogP contribution in [-0.2, 0) is 9.63 Å². The van der Waals surface area contributed by atoms with Crippen molar-refractivity contribution >= 4 is 5.91 Å². The van der Waals surface area contributed by atoms with Crippen molar-refractivity contribution in [2.75, 3.05) is 19.8 Å². The molecule has 0 aliphatic carbocycles. The highest BCUT2D eigenvalue weighted by atomic mass is 16.6. The molecule has 1 aromatic carbocycles. The lowest BCUT2D eigenvalue weighted by Crippen LogP contribution is -2.33. The van der Waals surface area contributed by atoms with Crippen LogP contribution in [0.25, 0.3) is 0 Å². The second-order valence-electron chi connectivity index (χ2n) is 4.34. The van der Waals surface area contributed by atoms with Crippen molar-refractivity contribution in [3.05, 3.63) is 29.3 Å². The predicted molar refractivity (Wildman–Crippen MR) is 70.6 cm³/mol. The zero-order chi connectivity index (χ0) is 14.3. The molecule has 1 rings (SSSR count).